The summed E-state index contributed by atoms with van der Waals surface area (Å²) in [5.74, 6) is 0.455. The van der Waals surface area contributed by atoms with E-state index >= 15 is 0 Å². The third kappa shape index (κ3) is 2.81. The fraction of sp³-hybridized carbons (Fsp3) is 0.0714. The van der Waals surface area contributed by atoms with E-state index < -0.39 is 5.97 Å². The summed E-state index contributed by atoms with van der Waals surface area (Å²) in [6.07, 6.45) is 0. The van der Waals surface area contributed by atoms with Gasteiger partial charge in [0.25, 0.3) is 0 Å². The second kappa shape index (κ2) is 5.56. The molecule has 0 aliphatic carbocycles. The van der Waals surface area contributed by atoms with Gasteiger partial charge in [-0.1, -0.05) is 23.7 Å². The minimum absolute atomic E-state index is 0.389. The fourth-order valence-corrected chi connectivity index (χ4v) is 1.57. The third-order valence-corrected chi connectivity index (χ3v) is 2.60. The Morgan fingerprint density at radius 2 is 1.61 bits per heavy atom. The van der Waals surface area contributed by atoms with Crippen LogP contribution >= 0.6 is 11.6 Å². The smallest absolute Gasteiger partial charge is 0.343 e. The zero-order valence-electron chi connectivity index (χ0n) is 9.72. The highest BCUT2D eigenvalue weighted by Crippen LogP contribution is 2.26. The summed E-state index contributed by atoms with van der Waals surface area (Å²) >= 11 is 5.75. The van der Waals surface area contributed by atoms with Crippen molar-refractivity contribution in [3.8, 4) is 11.5 Å². The maximum absolute atomic E-state index is 11.9. The maximum atomic E-state index is 11.9. The Balaban J connectivity index is 2.18. The predicted molar refractivity (Wildman–Crippen MR) is 69.4 cm³/mol. The molecule has 0 saturated heterocycles. The molecule has 0 unspecified atom stereocenters. The minimum atomic E-state index is -0.448. The number of ether oxygens (including phenoxy) is 2. The molecule has 2 aromatic carbocycles. The van der Waals surface area contributed by atoms with E-state index in [0.29, 0.717) is 22.1 Å². The number of methoxy groups -OCH3 is 1. The lowest BCUT2D eigenvalue weighted by Gasteiger charge is -2.08. The van der Waals surface area contributed by atoms with Crippen LogP contribution in [0.1, 0.15) is 10.4 Å². The van der Waals surface area contributed by atoms with E-state index in [0.717, 1.165) is 0 Å². The van der Waals surface area contributed by atoms with Gasteiger partial charge in [-0.2, -0.15) is 0 Å². The van der Waals surface area contributed by atoms with Crippen molar-refractivity contribution in [1.82, 2.24) is 0 Å². The van der Waals surface area contributed by atoms with E-state index in [2.05, 4.69) is 0 Å². The second-order valence-electron chi connectivity index (χ2n) is 3.55. The van der Waals surface area contributed by atoms with Crippen LogP contribution in [0.25, 0.3) is 0 Å². The summed E-state index contributed by atoms with van der Waals surface area (Å²) in [5.41, 5.74) is 0.435. The number of carbonyl (C=O) groups excluding carboxylic acids is 1. The van der Waals surface area contributed by atoms with Crippen molar-refractivity contribution in [1.29, 1.82) is 0 Å². The first kappa shape index (κ1) is 12.5. The molecule has 0 amide bonds. The Morgan fingerprint density at radius 1 is 1.00 bits per heavy atom. The Kier molecular flexibility index (Phi) is 3.85. The molecule has 3 nitrogen and oxygen atoms in total. The van der Waals surface area contributed by atoms with E-state index in [4.69, 9.17) is 21.1 Å². The van der Waals surface area contributed by atoms with Crippen molar-refractivity contribution in [3.63, 3.8) is 0 Å². The predicted octanol–water partition coefficient (Wildman–Crippen LogP) is 3.57. The molecule has 0 heterocycles. The van der Waals surface area contributed by atoms with Crippen LogP contribution in [-0.2, 0) is 0 Å². The molecule has 0 radical (unpaired) electrons. The molecule has 0 aromatic heterocycles. The van der Waals surface area contributed by atoms with Gasteiger partial charge in [0, 0.05) is 5.02 Å². The zero-order chi connectivity index (χ0) is 13.0. The number of halogens is 1. The molecular weight excluding hydrogens is 252 g/mol. The standard InChI is InChI=1S/C14H11ClO3/c1-17-12-4-2-3-5-13(12)18-14(16)10-6-8-11(15)9-7-10/h2-9H,1H3. The molecule has 0 aliphatic rings. The van der Waals surface area contributed by atoms with Gasteiger partial charge in [0.15, 0.2) is 11.5 Å². The van der Waals surface area contributed by atoms with Crippen molar-refractivity contribution in [2.24, 2.45) is 0 Å². The first-order chi connectivity index (χ1) is 8.70. The summed E-state index contributed by atoms with van der Waals surface area (Å²) in [6.45, 7) is 0. The van der Waals surface area contributed by atoms with E-state index in [9.17, 15) is 4.79 Å². The summed E-state index contributed by atoms with van der Waals surface area (Å²) in [7, 11) is 1.52. The molecule has 0 saturated carbocycles. The summed E-state index contributed by atoms with van der Waals surface area (Å²) in [5, 5.41) is 0.573. The van der Waals surface area contributed by atoms with Gasteiger partial charge in [-0.05, 0) is 36.4 Å². The Morgan fingerprint density at radius 3 is 2.22 bits per heavy atom. The number of carbonyl (C=O) groups is 1. The van der Waals surface area contributed by atoms with E-state index in [1.54, 1.807) is 48.5 Å². The molecule has 2 rings (SSSR count). The van der Waals surface area contributed by atoms with E-state index in [1.807, 2.05) is 0 Å². The molecule has 0 atom stereocenters. The number of esters is 1. The number of hydrogen-bond donors (Lipinski definition) is 0. The molecule has 0 spiro atoms. The quantitative estimate of drug-likeness (QED) is 0.627. The Bertz CT molecular complexity index is 549. The van der Waals surface area contributed by atoms with Gasteiger partial charge < -0.3 is 9.47 Å². The van der Waals surface area contributed by atoms with Crippen LogP contribution in [0.3, 0.4) is 0 Å². The molecule has 0 aliphatic heterocycles. The zero-order valence-corrected chi connectivity index (χ0v) is 10.5. The molecular formula is C14H11ClO3. The van der Waals surface area contributed by atoms with Crippen LogP contribution in [-0.4, -0.2) is 13.1 Å². The molecule has 2 aromatic rings. The highest BCUT2D eigenvalue weighted by atomic mass is 35.5. The summed E-state index contributed by atoms with van der Waals surface area (Å²) < 4.78 is 10.4. The molecule has 92 valence electrons. The minimum Gasteiger partial charge on any atom is -0.493 e. The number of rotatable bonds is 3. The van der Waals surface area contributed by atoms with Gasteiger partial charge in [-0.25, -0.2) is 4.79 Å². The van der Waals surface area contributed by atoms with Crippen LogP contribution in [0, 0.1) is 0 Å². The molecule has 0 bridgehead atoms. The van der Waals surface area contributed by atoms with Crippen LogP contribution in [0.5, 0.6) is 11.5 Å². The van der Waals surface area contributed by atoms with E-state index in [1.165, 1.54) is 7.11 Å². The fourth-order valence-electron chi connectivity index (χ4n) is 1.45. The van der Waals surface area contributed by atoms with Crippen molar-refractivity contribution >= 4 is 17.6 Å². The van der Waals surface area contributed by atoms with Gasteiger partial charge in [-0.3, -0.25) is 0 Å². The average Bonchev–Trinajstić information content (AvgIpc) is 2.40. The van der Waals surface area contributed by atoms with Crippen LogP contribution < -0.4 is 9.47 Å². The first-order valence-electron chi connectivity index (χ1n) is 5.31. The molecule has 4 heteroatoms. The van der Waals surface area contributed by atoms with Gasteiger partial charge in [0.05, 0.1) is 12.7 Å². The monoisotopic (exact) mass is 262 g/mol. The largest absolute Gasteiger partial charge is 0.493 e. The van der Waals surface area contributed by atoms with Gasteiger partial charge >= 0.3 is 5.97 Å². The van der Waals surface area contributed by atoms with Crippen molar-refractivity contribution in [2.45, 2.75) is 0 Å². The highest BCUT2D eigenvalue weighted by molar-refractivity contribution is 6.30. The lowest BCUT2D eigenvalue weighted by atomic mass is 10.2. The van der Waals surface area contributed by atoms with Gasteiger partial charge in [0.1, 0.15) is 0 Å². The van der Waals surface area contributed by atoms with Crippen LogP contribution in [0.4, 0.5) is 0 Å². The molecule has 18 heavy (non-hydrogen) atoms. The maximum Gasteiger partial charge on any atom is 0.343 e. The lowest BCUT2D eigenvalue weighted by Crippen LogP contribution is -2.08. The lowest BCUT2D eigenvalue weighted by molar-refractivity contribution is 0.0730. The number of para-hydroxylation sites is 2. The summed E-state index contributed by atoms with van der Waals surface area (Å²) in [6, 6.07) is 13.5. The van der Waals surface area contributed by atoms with Crippen molar-refractivity contribution in [3.05, 3.63) is 59.1 Å². The SMILES string of the molecule is COc1ccccc1OC(=O)c1ccc(Cl)cc1. The number of benzene rings is 2. The molecule has 0 N–H and O–H groups in total. The van der Waals surface area contributed by atoms with E-state index in [-0.39, 0.29) is 0 Å². The average molecular weight is 263 g/mol. The van der Waals surface area contributed by atoms with Crippen molar-refractivity contribution < 1.29 is 14.3 Å². The van der Waals surface area contributed by atoms with Gasteiger partial charge in [0.2, 0.25) is 0 Å². The third-order valence-electron chi connectivity index (χ3n) is 2.35. The second-order valence-corrected chi connectivity index (χ2v) is 3.98. The molecule has 0 fully saturated rings. The Labute approximate surface area is 110 Å². The number of hydrogen-bond acceptors (Lipinski definition) is 3. The topological polar surface area (TPSA) is 35.5 Å². The first-order valence-corrected chi connectivity index (χ1v) is 5.69. The normalized spacial score (nSPS) is 9.89. The Hall–Kier alpha value is -2.00. The summed E-state index contributed by atoms with van der Waals surface area (Å²) in [4.78, 5) is 11.9. The van der Waals surface area contributed by atoms with Crippen LogP contribution in [0.2, 0.25) is 5.02 Å². The van der Waals surface area contributed by atoms with Gasteiger partial charge in [-0.15, -0.1) is 0 Å². The highest BCUT2D eigenvalue weighted by Gasteiger charge is 2.11. The van der Waals surface area contributed by atoms with Crippen LogP contribution in [0.15, 0.2) is 48.5 Å². The van der Waals surface area contributed by atoms with Crippen molar-refractivity contribution in [2.75, 3.05) is 7.11 Å².